The second-order valence-corrected chi connectivity index (χ2v) is 13.8. The molecule has 3 saturated heterocycles. The Balaban J connectivity index is 1.35. The van der Waals surface area contributed by atoms with Gasteiger partial charge >= 0.3 is 0 Å². The topological polar surface area (TPSA) is 255 Å². The maximum absolute atomic E-state index is 14.4. The maximum Gasteiger partial charge on any atom is 0.242 e. The van der Waals surface area contributed by atoms with E-state index in [-0.39, 0.29) is 79.2 Å². The van der Waals surface area contributed by atoms with Gasteiger partial charge in [0.05, 0.1) is 32.1 Å². The molecule has 5 aliphatic rings. The van der Waals surface area contributed by atoms with Crippen LogP contribution < -0.4 is 36.1 Å². The SMILES string of the molecule is N[C@@H]1NC(=O)[C@@H]2NCN(c3ccccc3[C@H]3CCOC[C@@H]4O[C@H](Oc5c3cc3c(c5OCCO)C(=O)c5cc(CO)ccc5C3=O)[C@@H](O)[C@H](O)[C@H]4O)[C@@H]2N1. The minimum absolute atomic E-state index is 0.00394. The van der Waals surface area contributed by atoms with Gasteiger partial charge in [0.1, 0.15) is 49.5 Å². The van der Waals surface area contributed by atoms with Crippen LogP contribution in [0.25, 0.3) is 0 Å². The fourth-order valence-corrected chi connectivity index (χ4v) is 7.99. The van der Waals surface area contributed by atoms with E-state index in [1.165, 1.54) is 12.1 Å². The van der Waals surface area contributed by atoms with Crippen molar-refractivity contribution in [2.75, 3.05) is 38.0 Å². The Hall–Kier alpha value is -4.53. The first-order valence-corrected chi connectivity index (χ1v) is 17.7. The van der Waals surface area contributed by atoms with Crippen molar-refractivity contribution < 1.29 is 58.9 Å². The van der Waals surface area contributed by atoms with E-state index in [0.717, 1.165) is 0 Å². The van der Waals surface area contributed by atoms with Crippen LogP contribution in [-0.2, 0) is 20.9 Å². The molecule has 3 aromatic rings. The smallest absolute Gasteiger partial charge is 0.242 e. The van der Waals surface area contributed by atoms with Gasteiger partial charge in [0.2, 0.25) is 12.2 Å². The minimum Gasteiger partial charge on any atom is -0.486 e. The van der Waals surface area contributed by atoms with E-state index in [1.807, 2.05) is 29.2 Å². The van der Waals surface area contributed by atoms with Crippen LogP contribution in [-0.4, -0.2) is 125 Å². The number of amides is 1. The molecule has 0 aromatic heterocycles. The molecule has 4 aliphatic heterocycles. The molecule has 2 bridgehead atoms. The van der Waals surface area contributed by atoms with Crippen LogP contribution in [0.5, 0.6) is 11.5 Å². The number of fused-ring (bicyclic) bond motifs is 6. The molecule has 4 heterocycles. The van der Waals surface area contributed by atoms with Gasteiger partial charge < -0.3 is 54.7 Å². The second kappa shape index (κ2) is 14.6. The summed E-state index contributed by atoms with van der Waals surface area (Å²) < 4.78 is 24.5. The van der Waals surface area contributed by atoms with Crippen molar-refractivity contribution in [1.29, 1.82) is 0 Å². The molecule has 9 atom stereocenters. The van der Waals surface area contributed by atoms with E-state index in [0.29, 0.717) is 22.4 Å². The molecule has 0 unspecified atom stereocenters. The largest absolute Gasteiger partial charge is 0.486 e. The highest BCUT2D eigenvalue weighted by Gasteiger charge is 2.48. The van der Waals surface area contributed by atoms with Crippen LogP contribution in [0, 0.1) is 0 Å². The molecule has 17 heteroatoms. The van der Waals surface area contributed by atoms with E-state index in [4.69, 9.17) is 24.7 Å². The number of nitrogens with one attached hydrogen (secondary N) is 3. The molecular weight excluding hydrogens is 706 g/mol. The van der Waals surface area contributed by atoms with Gasteiger partial charge in [-0.15, -0.1) is 0 Å². The number of aliphatic hydroxyl groups excluding tert-OH is 5. The van der Waals surface area contributed by atoms with E-state index < -0.39 is 73.3 Å². The molecule has 10 N–H and O–H groups in total. The van der Waals surface area contributed by atoms with Crippen LogP contribution >= 0.6 is 0 Å². The van der Waals surface area contributed by atoms with Gasteiger partial charge in [-0.05, 0) is 41.8 Å². The van der Waals surface area contributed by atoms with Crippen LogP contribution in [0.1, 0.15) is 60.9 Å². The number of benzene rings is 3. The Bertz CT molecular complexity index is 1980. The number of ketones is 2. The maximum atomic E-state index is 14.4. The Morgan fingerprint density at radius 3 is 2.54 bits per heavy atom. The molecule has 0 saturated carbocycles. The van der Waals surface area contributed by atoms with E-state index in [2.05, 4.69) is 16.0 Å². The first-order valence-electron chi connectivity index (χ1n) is 17.7. The van der Waals surface area contributed by atoms with Gasteiger partial charge in [-0.2, -0.15) is 0 Å². The van der Waals surface area contributed by atoms with Gasteiger partial charge in [-0.25, -0.2) is 0 Å². The summed E-state index contributed by atoms with van der Waals surface area (Å²) in [4.78, 5) is 43.6. The Kier molecular flexibility index (Phi) is 9.86. The lowest BCUT2D eigenvalue weighted by molar-refractivity contribution is -0.279. The quantitative estimate of drug-likeness (QED) is 0.104. The van der Waals surface area contributed by atoms with Crippen molar-refractivity contribution in [3.63, 3.8) is 0 Å². The molecule has 0 radical (unpaired) electrons. The summed E-state index contributed by atoms with van der Waals surface area (Å²) in [6.07, 6.45) is -8.84. The molecule has 286 valence electrons. The average molecular weight is 748 g/mol. The van der Waals surface area contributed by atoms with Gasteiger partial charge in [0, 0.05) is 40.5 Å². The molecule has 17 nitrogen and oxygen atoms in total. The second-order valence-electron chi connectivity index (χ2n) is 13.8. The number of ether oxygens (including phenoxy) is 4. The normalized spacial score (nSPS) is 30.6. The van der Waals surface area contributed by atoms with Crippen LogP contribution in [0.2, 0.25) is 0 Å². The number of carbonyl (C=O) groups excluding carboxylic acids is 3. The molecular formula is C37H41N5O12. The standard InChI is InChI=1S/C37H41N5O12/c38-37-40-34-26(35(50)41-37)39-15-42(34)23-4-2-1-3-18(23)17-7-9-51-14-24-29(47)30(48)31(49)36(53-24)54-32-21(17)12-22-25(33(32)52-10-8-43)28(46)20-11-16(13-44)5-6-19(20)27(22)45/h1-6,11-12,17,24,26,29-31,34,36-37,39-40,43-44,47-49H,7-10,13-15,38H2,(H,41,50)/t17-,24+,26-,29+,30-,31+,34+,36-,37+/m1/s1. The first kappa shape index (κ1) is 36.4. The van der Waals surface area contributed by atoms with E-state index in [1.54, 1.807) is 12.1 Å². The zero-order valence-electron chi connectivity index (χ0n) is 28.9. The zero-order valence-corrected chi connectivity index (χ0v) is 28.9. The number of carbonyl (C=O) groups is 3. The molecule has 8 rings (SSSR count). The highest BCUT2D eigenvalue weighted by molar-refractivity contribution is 6.29. The van der Waals surface area contributed by atoms with E-state index in [9.17, 15) is 39.9 Å². The summed E-state index contributed by atoms with van der Waals surface area (Å²) in [5, 5.41) is 61.7. The summed E-state index contributed by atoms with van der Waals surface area (Å²) in [7, 11) is 0. The number of para-hydroxylation sites is 1. The van der Waals surface area contributed by atoms with Gasteiger partial charge in [0.15, 0.2) is 23.1 Å². The van der Waals surface area contributed by atoms with Crippen molar-refractivity contribution in [2.24, 2.45) is 5.73 Å². The molecule has 3 fully saturated rings. The third-order valence-corrected chi connectivity index (χ3v) is 10.6. The van der Waals surface area contributed by atoms with Crippen LogP contribution in [0.4, 0.5) is 5.69 Å². The summed E-state index contributed by atoms with van der Waals surface area (Å²) in [6, 6.07) is 12.8. The molecule has 54 heavy (non-hydrogen) atoms. The third-order valence-electron chi connectivity index (χ3n) is 10.6. The molecule has 1 aliphatic carbocycles. The summed E-state index contributed by atoms with van der Waals surface area (Å²) in [5.74, 6) is -2.36. The first-order chi connectivity index (χ1) is 26.1. The zero-order chi connectivity index (χ0) is 37.8. The minimum atomic E-state index is -1.78. The summed E-state index contributed by atoms with van der Waals surface area (Å²) >= 11 is 0. The number of aliphatic hydroxyl groups is 5. The fourth-order valence-electron chi connectivity index (χ4n) is 7.99. The van der Waals surface area contributed by atoms with Crippen molar-refractivity contribution in [2.45, 2.75) is 68.1 Å². The van der Waals surface area contributed by atoms with Crippen LogP contribution in [0.15, 0.2) is 48.5 Å². The highest BCUT2D eigenvalue weighted by Crippen LogP contribution is 2.49. The van der Waals surface area contributed by atoms with Crippen molar-refractivity contribution in [1.82, 2.24) is 16.0 Å². The molecule has 3 aromatic carbocycles. The number of nitrogens with zero attached hydrogens (tertiary/aromatic N) is 1. The Morgan fingerprint density at radius 1 is 0.926 bits per heavy atom. The van der Waals surface area contributed by atoms with Gasteiger partial charge in [-0.3, -0.25) is 30.8 Å². The molecule has 0 spiro atoms. The monoisotopic (exact) mass is 747 g/mol. The fraction of sp³-hybridized carbons (Fsp3) is 0.432. The lowest BCUT2D eigenvalue weighted by Gasteiger charge is -2.40. The summed E-state index contributed by atoms with van der Waals surface area (Å²) in [6.45, 7) is -1.01. The number of hydrogen-bond donors (Lipinski definition) is 9. The lowest BCUT2D eigenvalue weighted by Crippen LogP contribution is -2.70. The lowest BCUT2D eigenvalue weighted by atomic mass is 9.78. The van der Waals surface area contributed by atoms with Crippen molar-refractivity contribution >= 4 is 23.2 Å². The van der Waals surface area contributed by atoms with E-state index >= 15 is 0 Å². The van der Waals surface area contributed by atoms with Crippen LogP contribution in [0.3, 0.4) is 0 Å². The number of nitrogens with two attached hydrogens (primary N) is 1. The number of anilines is 1. The third kappa shape index (κ3) is 6.12. The van der Waals surface area contributed by atoms with Gasteiger partial charge in [0.25, 0.3) is 0 Å². The highest BCUT2D eigenvalue weighted by atomic mass is 16.7. The van der Waals surface area contributed by atoms with Crippen molar-refractivity contribution in [3.8, 4) is 11.5 Å². The Labute approximate surface area is 308 Å². The molecule has 1 amide bonds. The number of rotatable bonds is 6. The predicted octanol–water partition coefficient (Wildman–Crippen LogP) is -1.91. The number of hydrogen-bond acceptors (Lipinski definition) is 16. The van der Waals surface area contributed by atoms with Gasteiger partial charge in [-0.1, -0.05) is 24.3 Å². The average Bonchev–Trinajstić information content (AvgIpc) is 3.59. The Morgan fingerprint density at radius 2 is 1.74 bits per heavy atom. The summed E-state index contributed by atoms with van der Waals surface area (Å²) in [5.41, 5.74) is 8.24. The van der Waals surface area contributed by atoms with Crippen molar-refractivity contribution in [3.05, 3.63) is 87.5 Å². The predicted molar refractivity (Wildman–Crippen MR) is 187 cm³/mol.